The van der Waals surface area contributed by atoms with Crippen molar-refractivity contribution in [3.63, 3.8) is 0 Å². The van der Waals surface area contributed by atoms with E-state index in [1.165, 1.54) is 12.1 Å². The Hall–Kier alpha value is -2.87. The van der Waals surface area contributed by atoms with Crippen LogP contribution in [0.1, 0.15) is 11.3 Å². The number of aromatic nitrogens is 1. The Morgan fingerprint density at radius 3 is 2.79 bits per heavy atom. The number of hydrogen-bond donors (Lipinski definition) is 0. The smallest absolute Gasteiger partial charge is 0.270 e. The van der Waals surface area contributed by atoms with Crippen molar-refractivity contribution in [2.75, 3.05) is 0 Å². The van der Waals surface area contributed by atoms with Gasteiger partial charge < -0.3 is 4.57 Å². The van der Waals surface area contributed by atoms with Crippen molar-refractivity contribution in [2.24, 2.45) is 7.05 Å². The molecule has 19 heavy (non-hydrogen) atoms. The van der Waals surface area contributed by atoms with Crippen LogP contribution in [0.2, 0.25) is 0 Å². The van der Waals surface area contributed by atoms with Crippen molar-refractivity contribution in [1.29, 1.82) is 5.26 Å². The molecule has 0 saturated carbocycles. The predicted octanol–water partition coefficient (Wildman–Crippen LogP) is 3.00. The molecule has 0 amide bonds. The van der Waals surface area contributed by atoms with Crippen LogP contribution >= 0.6 is 0 Å². The van der Waals surface area contributed by atoms with Gasteiger partial charge in [0.1, 0.15) is 0 Å². The predicted molar refractivity (Wildman–Crippen MR) is 72.0 cm³/mol. The number of allylic oxidation sites excluding steroid dienone is 1. The zero-order valence-electron chi connectivity index (χ0n) is 10.3. The number of nitro groups is 1. The Bertz CT molecular complexity index is 693. The van der Waals surface area contributed by atoms with Crippen LogP contribution in [0.3, 0.4) is 0 Å². The number of nitro benzene ring substituents is 1. The van der Waals surface area contributed by atoms with Crippen LogP contribution in [0.15, 0.2) is 42.6 Å². The van der Waals surface area contributed by atoms with Crippen molar-refractivity contribution < 1.29 is 4.92 Å². The zero-order chi connectivity index (χ0) is 13.8. The van der Waals surface area contributed by atoms with Gasteiger partial charge in [0.15, 0.2) is 0 Å². The third kappa shape index (κ3) is 2.69. The molecule has 0 radical (unpaired) electrons. The number of nitriles is 1. The van der Waals surface area contributed by atoms with Gasteiger partial charge in [0.05, 0.1) is 16.6 Å². The topological polar surface area (TPSA) is 71.9 Å². The van der Waals surface area contributed by atoms with Gasteiger partial charge in [-0.25, -0.2) is 0 Å². The second-order valence-corrected chi connectivity index (χ2v) is 4.02. The Morgan fingerprint density at radius 1 is 1.42 bits per heavy atom. The molecular weight excluding hydrogens is 242 g/mol. The average molecular weight is 253 g/mol. The van der Waals surface area contributed by atoms with Gasteiger partial charge in [0, 0.05) is 31.1 Å². The van der Waals surface area contributed by atoms with Crippen molar-refractivity contribution in [2.45, 2.75) is 0 Å². The van der Waals surface area contributed by atoms with E-state index in [0.29, 0.717) is 11.1 Å². The Labute approximate surface area is 110 Å². The standard InChI is InChI=1S/C14H11N3O2/c1-16-7-3-6-13(16)9-12(10-15)11-4-2-5-14(8-11)17(18)19/h2-9H,1H3/b12-9-. The third-order valence-electron chi connectivity index (χ3n) is 2.76. The number of rotatable bonds is 3. The summed E-state index contributed by atoms with van der Waals surface area (Å²) in [6.45, 7) is 0. The molecule has 94 valence electrons. The summed E-state index contributed by atoms with van der Waals surface area (Å²) >= 11 is 0. The van der Waals surface area contributed by atoms with Crippen molar-refractivity contribution in [1.82, 2.24) is 4.57 Å². The van der Waals surface area contributed by atoms with Crippen molar-refractivity contribution in [3.8, 4) is 6.07 Å². The molecular formula is C14H11N3O2. The zero-order valence-corrected chi connectivity index (χ0v) is 10.3. The highest BCUT2D eigenvalue weighted by Gasteiger charge is 2.09. The van der Waals surface area contributed by atoms with Crippen molar-refractivity contribution in [3.05, 3.63) is 64.0 Å². The lowest BCUT2D eigenvalue weighted by Gasteiger charge is -2.01. The second-order valence-electron chi connectivity index (χ2n) is 4.02. The summed E-state index contributed by atoms with van der Waals surface area (Å²) in [7, 11) is 1.87. The molecule has 0 fully saturated rings. The molecule has 1 aromatic carbocycles. The van der Waals surface area contributed by atoms with Gasteiger partial charge >= 0.3 is 0 Å². The molecule has 5 nitrogen and oxygen atoms in total. The van der Waals surface area contributed by atoms with E-state index >= 15 is 0 Å². The molecule has 0 unspecified atom stereocenters. The van der Waals surface area contributed by atoms with E-state index in [2.05, 4.69) is 6.07 Å². The van der Waals surface area contributed by atoms with E-state index in [0.717, 1.165) is 5.69 Å². The summed E-state index contributed by atoms with van der Waals surface area (Å²) in [6.07, 6.45) is 3.58. The fraction of sp³-hybridized carbons (Fsp3) is 0.0714. The molecule has 0 atom stereocenters. The first-order valence-electron chi connectivity index (χ1n) is 5.60. The summed E-state index contributed by atoms with van der Waals surface area (Å²) in [5.41, 5.74) is 1.77. The minimum atomic E-state index is -0.471. The normalized spacial score (nSPS) is 11.1. The van der Waals surface area contributed by atoms with Crippen LogP contribution in [-0.4, -0.2) is 9.49 Å². The first-order chi connectivity index (χ1) is 9.11. The van der Waals surface area contributed by atoms with Gasteiger partial charge in [-0.15, -0.1) is 0 Å². The van der Waals surface area contributed by atoms with Crippen LogP contribution < -0.4 is 0 Å². The summed E-state index contributed by atoms with van der Waals surface area (Å²) < 4.78 is 1.87. The maximum absolute atomic E-state index is 10.7. The fourth-order valence-electron chi connectivity index (χ4n) is 1.74. The molecule has 0 N–H and O–H groups in total. The average Bonchev–Trinajstić information content (AvgIpc) is 2.81. The van der Waals surface area contributed by atoms with Crippen molar-refractivity contribution >= 4 is 17.3 Å². The highest BCUT2D eigenvalue weighted by molar-refractivity contribution is 5.89. The molecule has 2 rings (SSSR count). The van der Waals surface area contributed by atoms with Gasteiger partial charge in [-0.05, 0) is 23.8 Å². The Balaban J connectivity index is 2.46. The molecule has 0 aliphatic heterocycles. The molecule has 0 saturated heterocycles. The SMILES string of the molecule is Cn1cccc1/C=C(/C#N)c1cccc([N+](=O)[O-])c1. The molecule has 2 aromatic rings. The number of hydrogen-bond acceptors (Lipinski definition) is 3. The molecule has 0 bridgehead atoms. The summed E-state index contributed by atoms with van der Waals surface area (Å²) in [6, 6.07) is 11.9. The Kier molecular flexibility index (Phi) is 3.44. The third-order valence-corrected chi connectivity index (χ3v) is 2.76. The van der Waals surface area contributed by atoms with Gasteiger partial charge in [-0.1, -0.05) is 12.1 Å². The maximum Gasteiger partial charge on any atom is 0.270 e. The van der Waals surface area contributed by atoms with Gasteiger partial charge in [-0.3, -0.25) is 10.1 Å². The lowest BCUT2D eigenvalue weighted by molar-refractivity contribution is -0.384. The maximum atomic E-state index is 10.7. The van der Waals surface area contributed by atoms with Crippen LogP contribution in [0.4, 0.5) is 5.69 Å². The lowest BCUT2D eigenvalue weighted by Crippen LogP contribution is -1.91. The molecule has 5 heteroatoms. The largest absolute Gasteiger partial charge is 0.351 e. The van der Waals surface area contributed by atoms with Crippen LogP contribution in [0, 0.1) is 21.4 Å². The van der Waals surface area contributed by atoms with E-state index < -0.39 is 4.92 Å². The molecule has 1 heterocycles. The minimum Gasteiger partial charge on any atom is -0.351 e. The van der Waals surface area contributed by atoms with E-state index in [4.69, 9.17) is 0 Å². The van der Waals surface area contributed by atoms with Gasteiger partial charge in [-0.2, -0.15) is 5.26 Å². The number of aryl methyl sites for hydroxylation is 1. The summed E-state index contributed by atoms with van der Waals surface area (Å²) in [5, 5.41) is 19.9. The Morgan fingerprint density at radius 2 is 2.21 bits per heavy atom. The molecule has 0 spiro atoms. The quantitative estimate of drug-likeness (QED) is 0.479. The number of benzene rings is 1. The van der Waals surface area contributed by atoms with Gasteiger partial charge in [0.25, 0.3) is 5.69 Å². The first kappa shape index (κ1) is 12.6. The minimum absolute atomic E-state index is 0.0227. The fourth-order valence-corrected chi connectivity index (χ4v) is 1.74. The van der Waals surface area contributed by atoms with Crippen LogP contribution in [0.25, 0.3) is 11.6 Å². The highest BCUT2D eigenvalue weighted by Crippen LogP contribution is 2.21. The van der Waals surface area contributed by atoms with Gasteiger partial charge in [0.2, 0.25) is 0 Å². The van der Waals surface area contributed by atoms with E-state index in [-0.39, 0.29) is 5.69 Å². The van der Waals surface area contributed by atoms with E-state index in [1.54, 1.807) is 18.2 Å². The highest BCUT2D eigenvalue weighted by atomic mass is 16.6. The summed E-state index contributed by atoms with van der Waals surface area (Å²) in [4.78, 5) is 10.3. The lowest BCUT2D eigenvalue weighted by atomic mass is 10.1. The summed E-state index contributed by atoms with van der Waals surface area (Å²) in [5.74, 6) is 0. The molecule has 0 aliphatic rings. The van der Waals surface area contributed by atoms with Crippen LogP contribution in [-0.2, 0) is 7.05 Å². The molecule has 0 aliphatic carbocycles. The first-order valence-corrected chi connectivity index (χ1v) is 5.60. The van der Waals surface area contributed by atoms with E-state index in [1.807, 2.05) is 29.9 Å². The van der Waals surface area contributed by atoms with Crippen LogP contribution in [0.5, 0.6) is 0 Å². The number of non-ortho nitro benzene ring substituents is 1. The monoisotopic (exact) mass is 253 g/mol. The second kappa shape index (κ2) is 5.19. The number of nitrogens with zero attached hydrogens (tertiary/aromatic N) is 3. The molecule has 1 aromatic heterocycles. The van der Waals surface area contributed by atoms with E-state index in [9.17, 15) is 15.4 Å².